The number of aromatic nitrogens is 1. The Labute approximate surface area is 172 Å². The fourth-order valence-corrected chi connectivity index (χ4v) is 4.35. The van der Waals surface area contributed by atoms with E-state index in [0.29, 0.717) is 11.7 Å². The molecule has 1 aliphatic heterocycles. The minimum absolute atomic E-state index is 0.0134. The van der Waals surface area contributed by atoms with Gasteiger partial charge in [-0.05, 0) is 75.0 Å². The summed E-state index contributed by atoms with van der Waals surface area (Å²) in [5.41, 5.74) is 4.43. The molecule has 0 bridgehead atoms. The third-order valence-corrected chi connectivity index (χ3v) is 6.13. The lowest BCUT2D eigenvalue weighted by Gasteiger charge is -2.35. The summed E-state index contributed by atoms with van der Waals surface area (Å²) in [4.78, 5) is 18.5. The molecule has 1 aromatic heterocycles. The first-order valence-electron chi connectivity index (χ1n) is 10.3. The number of H-pyrrole nitrogens is 1. The maximum absolute atomic E-state index is 12.9. The first kappa shape index (κ1) is 19.5. The van der Waals surface area contributed by atoms with Gasteiger partial charge in [0.25, 0.3) is 0 Å². The maximum atomic E-state index is 12.9. The van der Waals surface area contributed by atoms with Gasteiger partial charge in [0.15, 0.2) is 0 Å². The van der Waals surface area contributed by atoms with Crippen molar-refractivity contribution in [1.29, 1.82) is 0 Å². The van der Waals surface area contributed by atoms with E-state index in [1.54, 1.807) is 7.11 Å². The Bertz CT molecular complexity index is 1000. The molecular formula is C24H29N3O2. The van der Waals surface area contributed by atoms with Gasteiger partial charge in [0.2, 0.25) is 5.91 Å². The zero-order valence-electron chi connectivity index (χ0n) is 17.4. The SMILES string of the molecule is COc1ccc(C)cc1NC(=O)[C@@H](C)N1CCC(c2c[nH]c3ccccc23)CC1. The molecule has 1 atom stereocenters. The molecule has 152 valence electrons. The Hall–Kier alpha value is -2.79. The number of aromatic amines is 1. The number of para-hydroxylation sites is 1. The van der Waals surface area contributed by atoms with Crippen molar-refractivity contribution in [3.63, 3.8) is 0 Å². The third-order valence-electron chi connectivity index (χ3n) is 6.13. The molecule has 2 heterocycles. The second-order valence-corrected chi connectivity index (χ2v) is 7.97. The molecule has 5 heteroatoms. The molecule has 3 aromatic rings. The molecule has 29 heavy (non-hydrogen) atoms. The van der Waals surface area contributed by atoms with Gasteiger partial charge >= 0.3 is 0 Å². The van der Waals surface area contributed by atoms with Crippen molar-refractivity contribution in [2.45, 2.75) is 38.6 Å². The van der Waals surface area contributed by atoms with Crippen molar-refractivity contribution >= 4 is 22.5 Å². The number of benzene rings is 2. The summed E-state index contributed by atoms with van der Waals surface area (Å²) < 4.78 is 5.39. The van der Waals surface area contributed by atoms with Gasteiger partial charge in [0, 0.05) is 17.1 Å². The van der Waals surface area contributed by atoms with Gasteiger partial charge in [0.1, 0.15) is 5.75 Å². The number of amides is 1. The van der Waals surface area contributed by atoms with E-state index in [0.717, 1.165) is 37.2 Å². The van der Waals surface area contributed by atoms with E-state index in [1.807, 2.05) is 32.0 Å². The second-order valence-electron chi connectivity index (χ2n) is 7.97. The van der Waals surface area contributed by atoms with Gasteiger partial charge in [-0.2, -0.15) is 0 Å². The fraction of sp³-hybridized carbons (Fsp3) is 0.375. The van der Waals surface area contributed by atoms with Crippen molar-refractivity contribution in [3.05, 3.63) is 59.8 Å². The number of hydrogen-bond donors (Lipinski definition) is 2. The van der Waals surface area contributed by atoms with E-state index in [-0.39, 0.29) is 11.9 Å². The van der Waals surface area contributed by atoms with Crippen LogP contribution >= 0.6 is 0 Å². The zero-order valence-corrected chi connectivity index (χ0v) is 17.4. The van der Waals surface area contributed by atoms with Crippen LogP contribution in [0.4, 0.5) is 5.69 Å². The van der Waals surface area contributed by atoms with E-state index in [4.69, 9.17) is 4.74 Å². The van der Waals surface area contributed by atoms with Crippen molar-refractivity contribution in [1.82, 2.24) is 9.88 Å². The van der Waals surface area contributed by atoms with Crippen LogP contribution in [0.1, 0.15) is 36.8 Å². The number of piperidine rings is 1. The molecule has 5 nitrogen and oxygen atoms in total. The van der Waals surface area contributed by atoms with E-state index in [1.165, 1.54) is 16.5 Å². The number of fused-ring (bicyclic) bond motifs is 1. The predicted octanol–water partition coefficient (Wildman–Crippen LogP) is 4.69. The van der Waals surface area contributed by atoms with Crippen LogP contribution < -0.4 is 10.1 Å². The highest BCUT2D eigenvalue weighted by atomic mass is 16.5. The Morgan fingerprint density at radius 2 is 1.97 bits per heavy atom. The molecule has 0 radical (unpaired) electrons. The van der Waals surface area contributed by atoms with Gasteiger partial charge in [-0.25, -0.2) is 0 Å². The number of hydrogen-bond acceptors (Lipinski definition) is 3. The van der Waals surface area contributed by atoms with Gasteiger partial charge in [-0.1, -0.05) is 24.3 Å². The van der Waals surface area contributed by atoms with Crippen LogP contribution in [0.25, 0.3) is 10.9 Å². The highest BCUT2D eigenvalue weighted by molar-refractivity contribution is 5.96. The number of aryl methyl sites for hydroxylation is 1. The summed E-state index contributed by atoms with van der Waals surface area (Å²) in [6.45, 7) is 5.84. The number of ether oxygens (including phenoxy) is 1. The molecule has 0 aliphatic carbocycles. The van der Waals surface area contributed by atoms with Crippen LogP contribution in [0.3, 0.4) is 0 Å². The van der Waals surface area contributed by atoms with Crippen molar-refractivity contribution < 1.29 is 9.53 Å². The van der Waals surface area contributed by atoms with Crippen molar-refractivity contribution in [2.75, 3.05) is 25.5 Å². The van der Waals surface area contributed by atoms with Gasteiger partial charge < -0.3 is 15.0 Å². The first-order chi connectivity index (χ1) is 14.1. The number of anilines is 1. The highest BCUT2D eigenvalue weighted by Gasteiger charge is 2.28. The lowest BCUT2D eigenvalue weighted by atomic mass is 9.88. The smallest absolute Gasteiger partial charge is 0.241 e. The Kier molecular flexibility index (Phi) is 5.58. The Balaban J connectivity index is 1.39. The average Bonchev–Trinajstić information content (AvgIpc) is 3.17. The van der Waals surface area contributed by atoms with Crippen LogP contribution in [0.15, 0.2) is 48.7 Å². The van der Waals surface area contributed by atoms with Crippen molar-refractivity contribution in [3.8, 4) is 5.75 Å². The lowest BCUT2D eigenvalue weighted by Crippen LogP contribution is -2.45. The first-order valence-corrected chi connectivity index (χ1v) is 10.3. The molecule has 1 amide bonds. The second kappa shape index (κ2) is 8.29. The van der Waals surface area contributed by atoms with Crippen LogP contribution in [0.5, 0.6) is 5.75 Å². The molecule has 1 saturated heterocycles. The van der Waals surface area contributed by atoms with Crippen LogP contribution in [0, 0.1) is 6.92 Å². The number of likely N-dealkylation sites (tertiary alicyclic amines) is 1. The summed E-state index contributed by atoms with van der Waals surface area (Å²) in [6, 6.07) is 14.1. The summed E-state index contributed by atoms with van der Waals surface area (Å²) in [7, 11) is 1.62. The van der Waals surface area contributed by atoms with Crippen LogP contribution in [0.2, 0.25) is 0 Å². The predicted molar refractivity (Wildman–Crippen MR) is 118 cm³/mol. The Morgan fingerprint density at radius 1 is 1.21 bits per heavy atom. The highest BCUT2D eigenvalue weighted by Crippen LogP contribution is 2.34. The summed E-state index contributed by atoms with van der Waals surface area (Å²) in [6.07, 6.45) is 4.28. The lowest BCUT2D eigenvalue weighted by molar-refractivity contribution is -0.121. The number of methoxy groups -OCH3 is 1. The summed E-state index contributed by atoms with van der Waals surface area (Å²) in [5.74, 6) is 1.24. The summed E-state index contributed by atoms with van der Waals surface area (Å²) in [5, 5.41) is 4.37. The molecule has 1 fully saturated rings. The Morgan fingerprint density at radius 3 is 2.72 bits per heavy atom. The van der Waals surface area contributed by atoms with Crippen molar-refractivity contribution in [2.24, 2.45) is 0 Å². The average molecular weight is 392 g/mol. The van der Waals surface area contributed by atoms with E-state index >= 15 is 0 Å². The van der Waals surface area contributed by atoms with Crippen LogP contribution in [-0.2, 0) is 4.79 Å². The molecule has 0 spiro atoms. The van der Waals surface area contributed by atoms with E-state index in [9.17, 15) is 4.79 Å². The maximum Gasteiger partial charge on any atom is 0.241 e. The number of nitrogens with zero attached hydrogens (tertiary/aromatic N) is 1. The summed E-state index contributed by atoms with van der Waals surface area (Å²) >= 11 is 0. The van der Waals surface area contributed by atoms with Gasteiger partial charge in [-0.3, -0.25) is 9.69 Å². The molecule has 4 rings (SSSR count). The molecule has 1 aliphatic rings. The largest absolute Gasteiger partial charge is 0.495 e. The third kappa shape index (κ3) is 4.01. The van der Waals surface area contributed by atoms with E-state index in [2.05, 4.69) is 45.7 Å². The number of rotatable bonds is 5. The van der Waals surface area contributed by atoms with Gasteiger partial charge in [0.05, 0.1) is 18.8 Å². The zero-order chi connectivity index (χ0) is 20.4. The number of carbonyl (C=O) groups excluding carboxylic acids is 1. The fourth-order valence-electron chi connectivity index (χ4n) is 4.35. The monoisotopic (exact) mass is 391 g/mol. The normalized spacial score (nSPS) is 16.7. The quantitative estimate of drug-likeness (QED) is 0.663. The van der Waals surface area contributed by atoms with E-state index < -0.39 is 0 Å². The van der Waals surface area contributed by atoms with Crippen LogP contribution in [-0.4, -0.2) is 42.0 Å². The van der Waals surface area contributed by atoms with Gasteiger partial charge in [-0.15, -0.1) is 0 Å². The standard InChI is InChI=1S/C24H29N3O2/c1-16-8-9-23(29-3)22(14-16)26-24(28)17(2)27-12-10-18(11-13-27)20-15-25-21-7-5-4-6-19(20)21/h4-9,14-15,17-18,25H,10-13H2,1-3H3,(H,26,28)/t17-/m1/s1. The molecule has 2 aromatic carbocycles. The number of carbonyl (C=O) groups is 1. The molecular weight excluding hydrogens is 362 g/mol. The number of nitrogens with one attached hydrogen (secondary N) is 2. The minimum atomic E-state index is -0.177. The minimum Gasteiger partial charge on any atom is -0.495 e. The topological polar surface area (TPSA) is 57.4 Å². The molecule has 0 saturated carbocycles. The molecule has 2 N–H and O–H groups in total. The molecule has 0 unspecified atom stereocenters.